The zero-order chi connectivity index (χ0) is 11.4. The molecule has 0 saturated heterocycles. The Morgan fingerprint density at radius 3 is 2.12 bits per heavy atom. The monoisotopic (exact) mass is 224 g/mol. The van der Waals surface area contributed by atoms with Crippen molar-refractivity contribution in [1.82, 2.24) is 10.2 Å². The van der Waals surface area contributed by atoms with Crippen molar-refractivity contribution in [3.63, 3.8) is 0 Å². The third-order valence-corrected chi connectivity index (χ3v) is 4.05. The highest BCUT2D eigenvalue weighted by Gasteiger charge is 2.40. The second-order valence-corrected chi connectivity index (χ2v) is 5.59. The van der Waals surface area contributed by atoms with E-state index in [1.165, 1.54) is 58.3 Å². The van der Waals surface area contributed by atoms with Gasteiger partial charge in [-0.05, 0) is 57.0 Å². The van der Waals surface area contributed by atoms with Crippen LogP contribution in [-0.4, -0.2) is 37.1 Å². The Morgan fingerprint density at radius 1 is 1.06 bits per heavy atom. The van der Waals surface area contributed by atoms with Crippen LogP contribution in [0.25, 0.3) is 0 Å². The van der Waals surface area contributed by atoms with Crippen LogP contribution >= 0.6 is 0 Å². The number of nitrogens with zero attached hydrogens (tertiary/aromatic N) is 1. The highest BCUT2D eigenvalue weighted by atomic mass is 15.1. The summed E-state index contributed by atoms with van der Waals surface area (Å²) in [6.07, 6.45) is 7.23. The van der Waals surface area contributed by atoms with Crippen LogP contribution in [0.5, 0.6) is 0 Å². The Bertz CT molecular complexity index is 185. The van der Waals surface area contributed by atoms with E-state index in [0.29, 0.717) is 0 Å². The number of rotatable bonds is 9. The lowest BCUT2D eigenvalue weighted by Crippen LogP contribution is -2.39. The van der Waals surface area contributed by atoms with Gasteiger partial charge in [-0.2, -0.15) is 0 Å². The molecule has 0 aliphatic heterocycles. The number of likely N-dealkylation sites (N-methyl/N-ethyl adjacent to an activating group) is 1. The van der Waals surface area contributed by atoms with E-state index < -0.39 is 0 Å². The molecule has 2 aliphatic carbocycles. The molecule has 2 aliphatic rings. The fourth-order valence-electron chi connectivity index (χ4n) is 2.76. The van der Waals surface area contributed by atoms with E-state index >= 15 is 0 Å². The first-order valence-electron chi connectivity index (χ1n) is 7.30. The van der Waals surface area contributed by atoms with Crippen LogP contribution in [-0.2, 0) is 0 Å². The molecule has 0 aromatic carbocycles. The predicted octanol–water partition coefficient (Wildman–Crippen LogP) is 2.50. The zero-order valence-electron chi connectivity index (χ0n) is 11.0. The largest absolute Gasteiger partial charge is 0.312 e. The summed E-state index contributed by atoms with van der Waals surface area (Å²) in [6.45, 7) is 9.44. The average Bonchev–Trinajstić information content (AvgIpc) is 3.16. The van der Waals surface area contributed by atoms with Crippen molar-refractivity contribution in [1.29, 1.82) is 0 Å². The normalized spacial score (nSPS) is 21.0. The molecule has 94 valence electrons. The van der Waals surface area contributed by atoms with Gasteiger partial charge < -0.3 is 10.2 Å². The molecule has 0 bridgehead atoms. The van der Waals surface area contributed by atoms with E-state index in [-0.39, 0.29) is 0 Å². The summed E-state index contributed by atoms with van der Waals surface area (Å²) in [5.41, 5.74) is 0. The first-order chi connectivity index (χ1) is 7.85. The van der Waals surface area contributed by atoms with Crippen molar-refractivity contribution in [2.75, 3.05) is 26.2 Å². The Labute approximate surface area is 101 Å². The molecule has 0 amide bonds. The maximum Gasteiger partial charge on any atom is 0.0124 e. The van der Waals surface area contributed by atoms with Crippen LogP contribution < -0.4 is 5.32 Å². The lowest BCUT2D eigenvalue weighted by Gasteiger charge is -2.23. The minimum atomic E-state index is 0.875. The van der Waals surface area contributed by atoms with Gasteiger partial charge in [0.2, 0.25) is 0 Å². The summed E-state index contributed by atoms with van der Waals surface area (Å²) in [6, 6.07) is 0.875. The van der Waals surface area contributed by atoms with Crippen LogP contribution in [0.4, 0.5) is 0 Å². The topological polar surface area (TPSA) is 15.3 Å². The second-order valence-electron chi connectivity index (χ2n) is 5.59. The molecule has 0 spiro atoms. The molecule has 0 aromatic heterocycles. The van der Waals surface area contributed by atoms with Crippen LogP contribution in [0.2, 0.25) is 0 Å². The minimum Gasteiger partial charge on any atom is -0.312 e. The van der Waals surface area contributed by atoms with E-state index in [4.69, 9.17) is 0 Å². The molecule has 0 heterocycles. The fraction of sp³-hybridized carbons (Fsp3) is 1.00. The number of hydrogen-bond donors (Lipinski definition) is 1. The molecule has 2 nitrogen and oxygen atoms in total. The Kier molecular flexibility index (Phi) is 4.66. The lowest BCUT2D eigenvalue weighted by molar-refractivity contribution is 0.275. The molecule has 0 atom stereocenters. The number of hydrogen-bond acceptors (Lipinski definition) is 2. The first-order valence-corrected chi connectivity index (χ1v) is 7.30. The molecular weight excluding hydrogens is 196 g/mol. The van der Waals surface area contributed by atoms with Gasteiger partial charge in [-0.15, -0.1) is 0 Å². The third kappa shape index (κ3) is 3.74. The Balaban J connectivity index is 1.61. The van der Waals surface area contributed by atoms with E-state index in [1.54, 1.807) is 0 Å². The molecule has 0 radical (unpaired) electrons. The van der Waals surface area contributed by atoms with Crippen molar-refractivity contribution < 1.29 is 0 Å². The standard InChI is InChI=1S/C14H28N2/c1-3-10-16(4-2)11-9-15-14(12-5-6-12)13-7-8-13/h12-15H,3-11H2,1-2H3. The zero-order valence-corrected chi connectivity index (χ0v) is 11.0. The first kappa shape index (κ1) is 12.4. The summed E-state index contributed by atoms with van der Waals surface area (Å²) in [7, 11) is 0. The SMILES string of the molecule is CCCN(CC)CCNC(C1CC1)C1CC1. The molecule has 2 heteroatoms. The minimum absolute atomic E-state index is 0.875. The van der Waals surface area contributed by atoms with E-state index in [2.05, 4.69) is 24.1 Å². The maximum atomic E-state index is 3.83. The highest BCUT2D eigenvalue weighted by molar-refractivity contribution is 4.96. The van der Waals surface area contributed by atoms with Gasteiger partial charge in [0.05, 0.1) is 0 Å². The van der Waals surface area contributed by atoms with Crippen LogP contribution in [0.3, 0.4) is 0 Å². The molecule has 2 fully saturated rings. The molecule has 0 aromatic rings. The fourth-order valence-corrected chi connectivity index (χ4v) is 2.76. The van der Waals surface area contributed by atoms with Gasteiger partial charge in [0, 0.05) is 19.1 Å². The number of nitrogens with one attached hydrogen (secondary N) is 1. The molecule has 2 rings (SSSR count). The van der Waals surface area contributed by atoms with Crippen molar-refractivity contribution in [3.8, 4) is 0 Å². The summed E-state index contributed by atoms with van der Waals surface area (Å²) < 4.78 is 0. The van der Waals surface area contributed by atoms with Crippen molar-refractivity contribution >= 4 is 0 Å². The van der Waals surface area contributed by atoms with E-state index in [9.17, 15) is 0 Å². The van der Waals surface area contributed by atoms with E-state index in [0.717, 1.165) is 17.9 Å². The summed E-state index contributed by atoms with van der Waals surface area (Å²) >= 11 is 0. The predicted molar refractivity (Wildman–Crippen MR) is 69.6 cm³/mol. The maximum absolute atomic E-state index is 3.83. The Hall–Kier alpha value is -0.0800. The van der Waals surface area contributed by atoms with Gasteiger partial charge in [-0.3, -0.25) is 0 Å². The van der Waals surface area contributed by atoms with Crippen LogP contribution in [0, 0.1) is 11.8 Å². The lowest BCUT2D eigenvalue weighted by atomic mass is 10.1. The average molecular weight is 224 g/mol. The van der Waals surface area contributed by atoms with Gasteiger partial charge >= 0.3 is 0 Å². The third-order valence-electron chi connectivity index (χ3n) is 4.05. The van der Waals surface area contributed by atoms with Crippen LogP contribution in [0.15, 0.2) is 0 Å². The van der Waals surface area contributed by atoms with Gasteiger partial charge in [0.1, 0.15) is 0 Å². The van der Waals surface area contributed by atoms with E-state index in [1.807, 2.05) is 0 Å². The molecule has 1 N–H and O–H groups in total. The van der Waals surface area contributed by atoms with Crippen molar-refractivity contribution in [2.24, 2.45) is 11.8 Å². The van der Waals surface area contributed by atoms with Gasteiger partial charge in [0.15, 0.2) is 0 Å². The Morgan fingerprint density at radius 2 is 1.69 bits per heavy atom. The quantitative estimate of drug-likeness (QED) is 0.647. The van der Waals surface area contributed by atoms with Gasteiger partial charge in [-0.1, -0.05) is 13.8 Å². The smallest absolute Gasteiger partial charge is 0.0124 e. The van der Waals surface area contributed by atoms with Gasteiger partial charge in [0.25, 0.3) is 0 Å². The summed E-state index contributed by atoms with van der Waals surface area (Å²) in [4.78, 5) is 2.56. The van der Waals surface area contributed by atoms with Crippen molar-refractivity contribution in [2.45, 2.75) is 52.0 Å². The van der Waals surface area contributed by atoms with Crippen LogP contribution in [0.1, 0.15) is 46.0 Å². The van der Waals surface area contributed by atoms with Crippen molar-refractivity contribution in [3.05, 3.63) is 0 Å². The molecule has 0 unspecified atom stereocenters. The molecule has 2 saturated carbocycles. The van der Waals surface area contributed by atoms with Gasteiger partial charge in [-0.25, -0.2) is 0 Å². The molecular formula is C14H28N2. The second kappa shape index (κ2) is 6.02. The highest BCUT2D eigenvalue weighted by Crippen LogP contribution is 2.44. The summed E-state index contributed by atoms with van der Waals surface area (Å²) in [5.74, 6) is 2.07. The molecule has 16 heavy (non-hydrogen) atoms. The summed E-state index contributed by atoms with van der Waals surface area (Å²) in [5, 5.41) is 3.83.